The molecular weight excluding hydrogens is 450 g/mol. The van der Waals surface area contributed by atoms with Crippen LogP contribution in [0, 0.1) is 5.41 Å². The van der Waals surface area contributed by atoms with Gasteiger partial charge in [0.2, 0.25) is 5.91 Å². The van der Waals surface area contributed by atoms with E-state index in [0.717, 1.165) is 28.9 Å². The highest BCUT2D eigenvalue weighted by Gasteiger charge is 2.30. The summed E-state index contributed by atoms with van der Waals surface area (Å²) in [5.74, 6) is 1.27. The lowest BCUT2D eigenvalue weighted by molar-refractivity contribution is -0.123. The highest BCUT2D eigenvalue weighted by atomic mass is 32.2. The molecule has 0 radical (unpaired) electrons. The Balaban J connectivity index is 1.83. The third-order valence-electron chi connectivity index (χ3n) is 5.34. The van der Waals surface area contributed by atoms with E-state index in [1.165, 1.54) is 16.8 Å². The molecule has 34 heavy (non-hydrogen) atoms. The normalized spacial score (nSPS) is 16.2. The predicted molar refractivity (Wildman–Crippen MR) is 138 cm³/mol. The zero-order valence-corrected chi connectivity index (χ0v) is 21.5. The van der Waals surface area contributed by atoms with Gasteiger partial charge in [-0.2, -0.15) is 5.10 Å². The van der Waals surface area contributed by atoms with Gasteiger partial charge in [-0.15, -0.1) is 0 Å². The van der Waals surface area contributed by atoms with Crippen LogP contribution < -0.4 is 14.8 Å². The number of anilines is 1. The predicted octanol–water partition coefficient (Wildman–Crippen LogP) is 5.93. The van der Waals surface area contributed by atoms with E-state index in [1.54, 1.807) is 7.11 Å². The molecule has 1 unspecified atom stereocenters. The van der Waals surface area contributed by atoms with Crippen LogP contribution in [0.5, 0.6) is 11.5 Å². The molecule has 2 amide bonds. The number of benzene rings is 2. The van der Waals surface area contributed by atoms with E-state index in [9.17, 15) is 9.59 Å². The highest BCUT2D eigenvalue weighted by Crippen LogP contribution is 2.34. The van der Waals surface area contributed by atoms with Crippen molar-refractivity contribution in [2.45, 2.75) is 52.8 Å². The zero-order valence-electron chi connectivity index (χ0n) is 20.7. The fourth-order valence-corrected chi connectivity index (χ4v) is 4.32. The number of nitrogens with zero attached hydrogens (tertiary/aromatic N) is 2. The van der Waals surface area contributed by atoms with Gasteiger partial charge in [0.15, 0.2) is 11.5 Å². The number of carbonyl (C=O) groups is 2. The summed E-state index contributed by atoms with van der Waals surface area (Å²) in [6, 6.07) is 13.2. The fourth-order valence-electron chi connectivity index (χ4n) is 3.38. The number of hydrogen-bond acceptors (Lipinski definition) is 6. The summed E-state index contributed by atoms with van der Waals surface area (Å²) in [6.07, 6.45) is 0.779. The fraction of sp³-hybridized carbons (Fsp3) is 0.423. The molecule has 8 heteroatoms. The number of hydrogen-bond donors (Lipinski definition) is 1. The lowest BCUT2D eigenvalue weighted by Crippen LogP contribution is -2.34. The van der Waals surface area contributed by atoms with Crippen molar-refractivity contribution in [1.29, 1.82) is 0 Å². The Morgan fingerprint density at radius 2 is 1.82 bits per heavy atom. The third-order valence-corrected chi connectivity index (χ3v) is 6.60. The SMILES string of the molecule is CCOc1cc(C2=NN(Cc3ccc(NC(=O)C(C)(C)C)cc3)C(=O)SC2CC)ccc1OC. The number of thioether (sulfide) groups is 1. The van der Waals surface area contributed by atoms with Crippen molar-refractivity contribution in [2.24, 2.45) is 10.5 Å². The van der Waals surface area contributed by atoms with Gasteiger partial charge >= 0.3 is 5.24 Å². The van der Waals surface area contributed by atoms with Crippen molar-refractivity contribution < 1.29 is 19.1 Å². The van der Waals surface area contributed by atoms with Gasteiger partial charge in [-0.25, -0.2) is 5.01 Å². The number of amides is 2. The second-order valence-electron chi connectivity index (χ2n) is 9.02. The van der Waals surface area contributed by atoms with Crippen LogP contribution >= 0.6 is 11.8 Å². The summed E-state index contributed by atoms with van der Waals surface area (Å²) in [4.78, 5) is 25.0. The Hall–Kier alpha value is -3.00. The lowest BCUT2D eigenvalue weighted by atomic mass is 9.95. The Kier molecular flexibility index (Phi) is 8.25. The van der Waals surface area contributed by atoms with Gasteiger partial charge in [0.05, 0.1) is 31.2 Å². The van der Waals surface area contributed by atoms with Gasteiger partial charge in [-0.1, -0.05) is 51.6 Å². The molecule has 2 aromatic rings. The number of nitrogens with one attached hydrogen (secondary N) is 1. The highest BCUT2D eigenvalue weighted by molar-refractivity contribution is 8.14. The molecule has 0 saturated heterocycles. The average molecular weight is 484 g/mol. The molecule has 182 valence electrons. The molecule has 0 aliphatic carbocycles. The van der Waals surface area contributed by atoms with Crippen molar-refractivity contribution in [2.75, 3.05) is 19.0 Å². The summed E-state index contributed by atoms with van der Waals surface area (Å²) in [6.45, 7) is 10.5. The quantitative estimate of drug-likeness (QED) is 0.503. The third kappa shape index (κ3) is 6.11. The number of carbonyl (C=O) groups excluding carboxylic acids is 2. The molecule has 1 aliphatic rings. The van der Waals surface area contributed by atoms with E-state index in [1.807, 2.05) is 77.1 Å². The maximum absolute atomic E-state index is 12.8. The molecule has 1 N–H and O–H groups in total. The van der Waals surface area contributed by atoms with Crippen LogP contribution in [0.15, 0.2) is 47.6 Å². The van der Waals surface area contributed by atoms with Crippen molar-refractivity contribution in [1.82, 2.24) is 5.01 Å². The molecule has 0 bridgehead atoms. The summed E-state index contributed by atoms with van der Waals surface area (Å²) < 4.78 is 11.1. The van der Waals surface area contributed by atoms with Crippen molar-refractivity contribution >= 4 is 34.3 Å². The molecule has 0 aromatic heterocycles. The van der Waals surface area contributed by atoms with Crippen LogP contribution in [-0.2, 0) is 11.3 Å². The van der Waals surface area contributed by atoms with E-state index in [0.29, 0.717) is 24.7 Å². The monoisotopic (exact) mass is 483 g/mol. The minimum Gasteiger partial charge on any atom is -0.493 e. The minimum atomic E-state index is -0.472. The topological polar surface area (TPSA) is 80.2 Å². The van der Waals surface area contributed by atoms with Crippen LogP contribution in [-0.4, -0.2) is 40.8 Å². The molecule has 1 aliphatic heterocycles. The molecule has 0 spiro atoms. The molecular formula is C26H33N3O4S. The molecule has 1 atom stereocenters. The second kappa shape index (κ2) is 11.0. The Bertz CT molecular complexity index is 1060. The van der Waals surface area contributed by atoms with E-state index in [-0.39, 0.29) is 16.4 Å². The summed E-state index contributed by atoms with van der Waals surface area (Å²) in [5.41, 5.74) is 2.91. The second-order valence-corrected chi connectivity index (χ2v) is 10.2. The van der Waals surface area contributed by atoms with Gasteiger partial charge in [0.1, 0.15) is 0 Å². The van der Waals surface area contributed by atoms with Crippen LogP contribution in [0.2, 0.25) is 0 Å². The maximum Gasteiger partial charge on any atom is 0.302 e. The van der Waals surface area contributed by atoms with Gasteiger partial charge in [-0.3, -0.25) is 9.59 Å². The van der Waals surface area contributed by atoms with Gasteiger partial charge < -0.3 is 14.8 Å². The number of rotatable bonds is 8. The van der Waals surface area contributed by atoms with E-state index in [2.05, 4.69) is 5.32 Å². The van der Waals surface area contributed by atoms with Crippen molar-refractivity contribution in [3.05, 3.63) is 53.6 Å². The minimum absolute atomic E-state index is 0.0402. The summed E-state index contributed by atoms with van der Waals surface area (Å²) in [7, 11) is 1.61. The van der Waals surface area contributed by atoms with Crippen LogP contribution in [0.25, 0.3) is 0 Å². The molecule has 0 fully saturated rings. The standard InChI is InChI=1S/C26H33N3O4S/c1-7-22-23(18-11-14-20(32-6)21(15-18)33-8-2)28-29(25(31)34-22)16-17-9-12-19(13-10-17)27-24(30)26(3,4)5/h9-15,22H,7-8,16H2,1-6H3,(H,27,30). The first-order valence-electron chi connectivity index (χ1n) is 11.4. The molecule has 1 heterocycles. The maximum atomic E-state index is 12.8. The van der Waals surface area contributed by atoms with Crippen LogP contribution in [0.3, 0.4) is 0 Å². The van der Waals surface area contributed by atoms with Gasteiger partial charge in [-0.05, 0) is 49.2 Å². The van der Waals surface area contributed by atoms with E-state index < -0.39 is 5.41 Å². The molecule has 2 aromatic carbocycles. The number of hydrazone groups is 1. The Morgan fingerprint density at radius 3 is 2.41 bits per heavy atom. The van der Waals surface area contributed by atoms with Gasteiger partial charge in [0.25, 0.3) is 0 Å². The van der Waals surface area contributed by atoms with Crippen molar-refractivity contribution in [3.8, 4) is 11.5 Å². The first-order chi connectivity index (χ1) is 16.2. The molecule has 7 nitrogen and oxygen atoms in total. The Labute approximate surface area is 205 Å². The number of ether oxygens (including phenoxy) is 2. The lowest BCUT2D eigenvalue weighted by Gasteiger charge is -2.28. The van der Waals surface area contributed by atoms with Gasteiger partial charge in [0, 0.05) is 16.7 Å². The number of methoxy groups -OCH3 is 1. The molecule has 0 saturated carbocycles. The van der Waals surface area contributed by atoms with E-state index >= 15 is 0 Å². The largest absolute Gasteiger partial charge is 0.493 e. The zero-order chi connectivity index (χ0) is 24.9. The first-order valence-corrected chi connectivity index (χ1v) is 12.3. The van der Waals surface area contributed by atoms with Crippen LogP contribution in [0.4, 0.5) is 10.5 Å². The summed E-state index contributed by atoms with van der Waals surface area (Å²) in [5, 5.41) is 9.04. The first kappa shape index (κ1) is 25.6. The molecule has 3 rings (SSSR count). The Morgan fingerprint density at radius 1 is 1.12 bits per heavy atom. The summed E-state index contributed by atoms with van der Waals surface area (Å²) >= 11 is 1.29. The van der Waals surface area contributed by atoms with Crippen LogP contribution in [0.1, 0.15) is 52.2 Å². The van der Waals surface area contributed by atoms with Crippen molar-refractivity contribution in [3.63, 3.8) is 0 Å². The van der Waals surface area contributed by atoms with E-state index in [4.69, 9.17) is 14.6 Å². The smallest absolute Gasteiger partial charge is 0.302 e. The average Bonchev–Trinajstić information content (AvgIpc) is 2.81.